The maximum Gasteiger partial charge on any atom is 0.326 e. The third-order valence-electron chi connectivity index (χ3n) is 19.0. The van der Waals surface area contributed by atoms with Crippen molar-refractivity contribution in [2.24, 2.45) is 0 Å². The van der Waals surface area contributed by atoms with E-state index >= 15 is 0 Å². The Bertz CT molecular complexity index is 2810. The number of hydrogen-bond acceptors (Lipinski definition) is 29. The molecule has 0 saturated carbocycles. The van der Waals surface area contributed by atoms with Crippen LogP contribution in [0.4, 0.5) is 0 Å². The Morgan fingerprint density at radius 2 is 0.761 bits per heavy atom. The summed E-state index contributed by atoms with van der Waals surface area (Å²) in [6, 6.07) is -4.48. The van der Waals surface area contributed by atoms with Crippen molar-refractivity contribution in [2.45, 2.75) is 350 Å². The van der Waals surface area contributed by atoms with Gasteiger partial charge >= 0.3 is 11.9 Å². The molecule has 0 aromatic carbocycles. The molecule has 628 valence electrons. The van der Waals surface area contributed by atoms with Crippen molar-refractivity contribution in [1.29, 1.82) is 0 Å². The zero-order chi connectivity index (χ0) is 80.0. The van der Waals surface area contributed by atoms with Crippen LogP contribution in [0.2, 0.25) is 0 Å². The lowest BCUT2D eigenvalue weighted by Crippen LogP contribution is -2.64. The predicted molar refractivity (Wildman–Crippen MR) is 386 cm³/mol. The van der Waals surface area contributed by atoms with Crippen LogP contribution in [0.5, 0.6) is 0 Å². The zero-order valence-electron chi connectivity index (χ0n) is 63.9. The summed E-state index contributed by atoms with van der Waals surface area (Å²) in [5.41, 5.74) is 0.766. The molecular weight excluding hydrogens is 1440 g/mol. The van der Waals surface area contributed by atoms with Crippen molar-refractivity contribution < 1.29 is 133 Å². The zero-order valence-corrected chi connectivity index (χ0v) is 63.9. The van der Waals surface area contributed by atoms with Gasteiger partial charge in [-0.25, -0.2) is 19.0 Å². The molecule has 3 saturated heterocycles. The first-order valence-corrected chi connectivity index (χ1v) is 39.2. The van der Waals surface area contributed by atoms with E-state index < -0.39 is 160 Å². The first kappa shape index (κ1) is 95.7. The first-order chi connectivity index (χ1) is 52.4. The second kappa shape index (κ2) is 54.9. The van der Waals surface area contributed by atoms with Gasteiger partial charge in [-0.1, -0.05) is 179 Å². The number of carboxylic acid groups (broad SMARTS) is 2. The number of ether oxygens (including phenoxy) is 8. The van der Waals surface area contributed by atoms with Crippen LogP contribution in [0.3, 0.4) is 0 Å². The molecule has 0 bridgehead atoms. The molecule has 5 rings (SSSR count). The van der Waals surface area contributed by atoms with E-state index in [9.17, 15) is 95.2 Å². The molecule has 3 aliphatic heterocycles. The molecule has 0 radical (unpaired) electrons. The summed E-state index contributed by atoms with van der Waals surface area (Å²) in [7, 11) is 0. The largest absolute Gasteiger partial charge is 0.480 e. The molecule has 6 unspecified atom stereocenters. The molecule has 37 nitrogen and oxygen atoms in total. The Hall–Kier alpha value is -5.66. The summed E-state index contributed by atoms with van der Waals surface area (Å²) in [6.07, 6.45) is 7.46. The van der Waals surface area contributed by atoms with E-state index in [4.69, 9.17) is 37.9 Å². The smallest absolute Gasteiger partial charge is 0.326 e. The fourth-order valence-electron chi connectivity index (χ4n) is 12.4. The number of nitrogens with one attached hydrogen (secondary N) is 4. The van der Waals surface area contributed by atoms with Gasteiger partial charge in [-0.05, 0) is 25.7 Å². The molecule has 109 heavy (non-hydrogen) atoms. The number of nitrogens with zero attached hydrogens (tertiary/aromatic N) is 6. The highest BCUT2D eigenvalue weighted by atomic mass is 16.7. The van der Waals surface area contributed by atoms with Crippen molar-refractivity contribution in [2.75, 3.05) is 46.2 Å². The fourth-order valence-corrected chi connectivity index (χ4v) is 12.4. The monoisotopic (exact) mass is 1560 g/mol. The minimum absolute atomic E-state index is 0.0117. The Morgan fingerprint density at radius 3 is 1.12 bits per heavy atom. The fraction of sp³-hybridized carbons (Fsp3) is 0.861. The van der Waals surface area contributed by atoms with Crippen LogP contribution in [0.25, 0.3) is 0 Å². The van der Waals surface area contributed by atoms with Crippen LogP contribution in [-0.2, 0) is 93.0 Å². The van der Waals surface area contributed by atoms with E-state index in [1.165, 1.54) is 105 Å². The molecule has 5 heterocycles. The van der Waals surface area contributed by atoms with Crippen LogP contribution < -0.4 is 21.3 Å². The van der Waals surface area contributed by atoms with Crippen molar-refractivity contribution in [3.8, 4) is 0 Å². The molecular formula is C72H128N10O27. The average Bonchev–Trinajstić information content (AvgIpc) is 1.04. The van der Waals surface area contributed by atoms with Crippen molar-refractivity contribution >= 4 is 35.6 Å². The number of aromatic nitrogens is 6. The number of carbonyl (C=O) groups excluding carboxylic acids is 4. The quantitative estimate of drug-likeness (QED) is 0.0392. The molecule has 2 aromatic heterocycles. The number of rotatable bonds is 57. The summed E-state index contributed by atoms with van der Waals surface area (Å²) in [4.78, 5) is 75.1. The molecule has 0 aliphatic carbocycles. The van der Waals surface area contributed by atoms with E-state index in [1.54, 1.807) is 13.1 Å². The molecule has 19 atom stereocenters. The van der Waals surface area contributed by atoms with Crippen LogP contribution in [0.15, 0.2) is 12.4 Å². The minimum Gasteiger partial charge on any atom is -0.480 e. The van der Waals surface area contributed by atoms with Crippen LogP contribution in [0, 0.1) is 0 Å². The number of carbonyl (C=O) groups is 6. The lowest BCUT2D eigenvalue weighted by atomic mass is 9.97. The second-order valence-electron chi connectivity index (χ2n) is 28.1. The van der Waals surface area contributed by atoms with Gasteiger partial charge in [-0.3, -0.25) is 19.2 Å². The molecule has 3 aliphatic rings. The van der Waals surface area contributed by atoms with Gasteiger partial charge in [-0.15, -0.1) is 10.2 Å². The van der Waals surface area contributed by atoms with Crippen molar-refractivity contribution in [3.05, 3.63) is 23.8 Å². The number of unbranched alkanes of at least 4 members (excludes halogenated alkanes) is 20. The highest BCUT2D eigenvalue weighted by Crippen LogP contribution is 2.30. The Kier molecular flexibility index (Phi) is 48.2. The predicted octanol–water partition coefficient (Wildman–Crippen LogP) is 0.157. The Labute approximate surface area is 637 Å². The number of aliphatic carboxylic acids is 2. The van der Waals surface area contributed by atoms with Gasteiger partial charge in [0.15, 0.2) is 18.9 Å². The van der Waals surface area contributed by atoms with E-state index in [2.05, 4.69) is 55.7 Å². The van der Waals surface area contributed by atoms with Crippen molar-refractivity contribution in [1.82, 2.24) is 51.3 Å². The Morgan fingerprint density at radius 1 is 0.422 bits per heavy atom. The van der Waals surface area contributed by atoms with E-state index in [0.717, 1.165) is 38.5 Å². The molecule has 4 amide bonds. The van der Waals surface area contributed by atoms with Crippen LogP contribution in [-0.4, -0.2) is 294 Å². The number of carboxylic acids is 2. The van der Waals surface area contributed by atoms with Crippen molar-refractivity contribution in [3.63, 3.8) is 0 Å². The summed E-state index contributed by atoms with van der Waals surface area (Å²) >= 11 is 0. The van der Waals surface area contributed by atoms with Gasteiger partial charge in [0.1, 0.15) is 109 Å². The summed E-state index contributed by atoms with van der Waals surface area (Å²) < 4.78 is 47.1. The van der Waals surface area contributed by atoms with Gasteiger partial charge in [0.05, 0.1) is 84.9 Å². The highest BCUT2D eigenvalue weighted by Gasteiger charge is 2.51. The van der Waals surface area contributed by atoms with Gasteiger partial charge in [0.25, 0.3) is 0 Å². The van der Waals surface area contributed by atoms with Gasteiger partial charge in [0, 0.05) is 12.8 Å². The van der Waals surface area contributed by atoms with Gasteiger partial charge in [0.2, 0.25) is 23.6 Å². The number of amides is 4. The van der Waals surface area contributed by atoms with E-state index in [-0.39, 0.29) is 90.2 Å². The highest BCUT2D eigenvalue weighted by molar-refractivity contribution is 5.91. The number of aliphatic hydroxyl groups is 11. The third kappa shape index (κ3) is 35.5. The first-order valence-electron chi connectivity index (χ1n) is 39.2. The number of aliphatic hydroxyl groups excluding tert-OH is 11. The standard InChI is InChI=1S/C39H69N5O16.C33H59N5O11/c1-3-5-6-7-8-9-10-11-12-13-14-16-29(47)40-26(36(53)41-25(15-4-2)37(54)55)23-56-22-24-19-44(43-42-24)17-18-57-38-34(52)32(50)35(28(21-46)59-38)60-39-33(51)31(49)30(48)27(20-45)58-39;1-3-5-6-7-8-9-10-11-12-13-14-16-27(40)34-25(31(44)35-24(15-4-2)32(45)46)22-47-21-23-19-38(37-36-23)17-18-48-33-30(43)29(42)28(41)26(20-39)49-33/h19,25-28,30-35,38-39,45-46,48-52H,3-18,20-23H2,1-2H3,(H,40,47)(H,41,53)(H,54,55);19,24-26,28-30,33,39,41-43H,3-18,20-22H2,1-2H3,(H,34,40)(H,35,44)(H,45,46)/t25-,26+,27?,28?,30-,31?,32-,33+,34?,35-,38-,39-;24-,25+,26?,28-,29+,30?,33-/m11/s1. The summed E-state index contributed by atoms with van der Waals surface area (Å²) in [5, 5.41) is 156. The van der Waals surface area contributed by atoms with Gasteiger partial charge in [-0.2, -0.15) is 0 Å². The maximum absolute atomic E-state index is 13.2. The Balaban J connectivity index is 0.000000470. The topological polar surface area (TPSA) is 549 Å². The number of hydrogen-bond donors (Lipinski definition) is 17. The molecule has 2 aromatic rings. The molecule has 3 fully saturated rings. The maximum atomic E-state index is 13.2. The summed E-state index contributed by atoms with van der Waals surface area (Å²) in [6.45, 7) is 5.50. The SMILES string of the molecule is CCCCCCCCCCCCCC(=O)N[C@@H](COCc1cn(CCO[C@@H]2OC(CO)[C@@H](O)[C@H](O)C2O)nn1)C(=O)N[C@H](CCC)C(=O)O.CCCCCCCCCCCCCC(=O)N[C@@H](COCc1cn(CCO[C@@H]2OC(CO)[C@@H](O[C@H]3OC(CO)[C@@H](O)C(O)[C@@H]3O)[C@H](O)C2O)nn1)C(=O)N[C@H](CCC)C(=O)O. The van der Waals surface area contributed by atoms with Gasteiger partial charge < -0.3 is 126 Å². The average molecular weight is 1570 g/mol. The normalized spacial score (nSPS) is 25.3. The summed E-state index contributed by atoms with van der Waals surface area (Å²) in [5.74, 6) is -4.33. The van der Waals surface area contributed by atoms with Crippen LogP contribution in [0.1, 0.15) is 219 Å². The molecule has 37 heteroatoms. The second-order valence-corrected chi connectivity index (χ2v) is 28.1. The van der Waals surface area contributed by atoms with E-state index in [1.807, 2.05) is 6.92 Å². The molecule has 17 N–H and O–H groups in total. The minimum atomic E-state index is -1.80. The third-order valence-corrected chi connectivity index (χ3v) is 19.0. The lowest BCUT2D eigenvalue weighted by Gasteiger charge is -2.45. The lowest BCUT2D eigenvalue weighted by molar-refractivity contribution is -0.359. The van der Waals surface area contributed by atoms with Crippen LogP contribution >= 0.6 is 0 Å². The molecule has 0 spiro atoms. The van der Waals surface area contributed by atoms with E-state index in [0.29, 0.717) is 37.1 Å².